The first-order valence-corrected chi connectivity index (χ1v) is 7.96. The van der Waals surface area contributed by atoms with E-state index in [0.717, 1.165) is 6.42 Å². The molecule has 1 aromatic rings. The number of nitrogens with zero attached hydrogens (tertiary/aromatic N) is 1. The van der Waals surface area contributed by atoms with Crippen LogP contribution >= 0.6 is 0 Å². The SMILES string of the molecule is C[C@H]1C[C@H](C)CN(C(=O)COC(=O)c2cccc(NC(N)=O)c2)C1. The zero-order chi connectivity index (χ0) is 17.7. The Bertz CT molecular complexity index is 622. The average Bonchev–Trinajstić information content (AvgIpc) is 2.51. The van der Waals surface area contributed by atoms with Gasteiger partial charge < -0.3 is 20.7 Å². The minimum Gasteiger partial charge on any atom is -0.452 e. The lowest BCUT2D eigenvalue weighted by atomic mass is 9.92. The van der Waals surface area contributed by atoms with Crippen molar-refractivity contribution in [1.82, 2.24) is 4.90 Å². The Balaban J connectivity index is 1.90. The molecule has 3 amide bonds. The first-order valence-electron chi connectivity index (χ1n) is 7.96. The number of nitrogens with one attached hydrogen (secondary N) is 1. The van der Waals surface area contributed by atoms with Crippen LogP contribution in [0, 0.1) is 11.8 Å². The highest BCUT2D eigenvalue weighted by molar-refractivity contribution is 5.94. The normalized spacial score (nSPS) is 20.3. The molecule has 0 saturated carbocycles. The van der Waals surface area contributed by atoms with Gasteiger partial charge in [-0.1, -0.05) is 19.9 Å². The smallest absolute Gasteiger partial charge is 0.338 e. The Morgan fingerprint density at radius 3 is 2.54 bits per heavy atom. The second kappa shape index (κ2) is 7.81. The maximum absolute atomic E-state index is 12.2. The molecule has 7 nitrogen and oxygen atoms in total. The molecule has 0 aromatic heterocycles. The topological polar surface area (TPSA) is 102 Å². The number of nitrogens with two attached hydrogens (primary N) is 1. The van der Waals surface area contributed by atoms with Gasteiger partial charge in [0.1, 0.15) is 0 Å². The number of hydrogen-bond acceptors (Lipinski definition) is 4. The molecule has 1 saturated heterocycles. The minimum absolute atomic E-state index is 0.187. The first kappa shape index (κ1) is 17.8. The molecule has 130 valence electrons. The van der Waals surface area contributed by atoms with Crippen LogP contribution in [0.5, 0.6) is 0 Å². The van der Waals surface area contributed by atoms with E-state index in [1.807, 2.05) is 0 Å². The molecule has 1 aliphatic rings. The number of primary amides is 1. The predicted octanol–water partition coefficient (Wildman–Crippen LogP) is 1.84. The number of piperidine rings is 1. The largest absolute Gasteiger partial charge is 0.452 e. The zero-order valence-corrected chi connectivity index (χ0v) is 14.0. The highest BCUT2D eigenvalue weighted by Gasteiger charge is 2.26. The fourth-order valence-corrected chi connectivity index (χ4v) is 3.03. The van der Waals surface area contributed by atoms with Gasteiger partial charge in [-0.2, -0.15) is 0 Å². The number of anilines is 1. The van der Waals surface area contributed by atoms with Crippen LogP contribution in [-0.4, -0.2) is 42.5 Å². The average molecular weight is 333 g/mol. The van der Waals surface area contributed by atoms with Crippen molar-refractivity contribution in [3.05, 3.63) is 29.8 Å². The van der Waals surface area contributed by atoms with E-state index in [0.29, 0.717) is 30.6 Å². The van der Waals surface area contributed by atoms with E-state index in [-0.39, 0.29) is 18.1 Å². The van der Waals surface area contributed by atoms with Gasteiger partial charge >= 0.3 is 12.0 Å². The van der Waals surface area contributed by atoms with Crippen molar-refractivity contribution in [3.63, 3.8) is 0 Å². The summed E-state index contributed by atoms with van der Waals surface area (Å²) in [4.78, 5) is 36.9. The molecule has 24 heavy (non-hydrogen) atoms. The van der Waals surface area contributed by atoms with Gasteiger partial charge in [-0.3, -0.25) is 4.79 Å². The van der Waals surface area contributed by atoms with Crippen LogP contribution in [0.2, 0.25) is 0 Å². The third-order valence-electron chi connectivity index (χ3n) is 3.91. The summed E-state index contributed by atoms with van der Waals surface area (Å²) in [5.41, 5.74) is 5.67. The third kappa shape index (κ3) is 4.97. The van der Waals surface area contributed by atoms with Crippen molar-refractivity contribution in [2.75, 3.05) is 25.0 Å². The Labute approximate surface area is 141 Å². The van der Waals surface area contributed by atoms with Crippen molar-refractivity contribution >= 4 is 23.6 Å². The van der Waals surface area contributed by atoms with Crippen molar-refractivity contribution in [1.29, 1.82) is 0 Å². The molecule has 1 heterocycles. The summed E-state index contributed by atoms with van der Waals surface area (Å²) in [5, 5.41) is 2.38. The van der Waals surface area contributed by atoms with E-state index in [4.69, 9.17) is 10.5 Å². The van der Waals surface area contributed by atoms with Crippen LogP contribution in [0.15, 0.2) is 24.3 Å². The molecule has 1 aromatic carbocycles. The number of carbonyl (C=O) groups is 3. The third-order valence-corrected chi connectivity index (χ3v) is 3.91. The summed E-state index contributed by atoms with van der Waals surface area (Å²) < 4.78 is 5.10. The maximum Gasteiger partial charge on any atom is 0.338 e. The molecule has 0 spiro atoms. The van der Waals surface area contributed by atoms with Crippen LogP contribution in [0.3, 0.4) is 0 Å². The second-order valence-electron chi connectivity index (χ2n) is 6.39. The molecule has 1 fully saturated rings. The highest BCUT2D eigenvalue weighted by Crippen LogP contribution is 2.21. The molecule has 7 heteroatoms. The van der Waals surface area contributed by atoms with Gasteiger partial charge in [0.05, 0.1) is 5.56 Å². The molecular weight excluding hydrogens is 310 g/mol. The van der Waals surface area contributed by atoms with Crippen molar-refractivity contribution < 1.29 is 19.1 Å². The van der Waals surface area contributed by atoms with Crippen LogP contribution < -0.4 is 11.1 Å². The van der Waals surface area contributed by atoms with E-state index in [9.17, 15) is 14.4 Å². The van der Waals surface area contributed by atoms with Gasteiger partial charge in [0.15, 0.2) is 6.61 Å². The summed E-state index contributed by atoms with van der Waals surface area (Å²) in [7, 11) is 0. The number of benzene rings is 1. The fourth-order valence-electron chi connectivity index (χ4n) is 3.03. The Kier molecular flexibility index (Phi) is 5.78. The van der Waals surface area contributed by atoms with Crippen molar-refractivity contribution in [2.45, 2.75) is 20.3 Å². The zero-order valence-electron chi connectivity index (χ0n) is 14.0. The van der Waals surface area contributed by atoms with Crippen LogP contribution in [0.1, 0.15) is 30.6 Å². The number of esters is 1. The fraction of sp³-hybridized carbons (Fsp3) is 0.471. The van der Waals surface area contributed by atoms with Crippen molar-refractivity contribution in [3.8, 4) is 0 Å². The van der Waals surface area contributed by atoms with E-state index in [2.05, 4.69) is 19.2 Å². The summed E-state index contributed by atoms with van der Waals surface area (Å²) in [6.07, 6.45) is 1.10. The molecule has 3 N–H and O–H groups in total. The van der Waals surface area contributed by atoms with Crippen LogP contribution in [0.4, 0.5) is 10.5 Å². The van der Waals surface area contributed by atoms with Gasteiger partial charge in [0.25, 0.3) is 5.91 Å². The number of urea groups is 1. The molecule has 2 rings (SSSR count). The van der Waals surface area contributed by atoms with E-state index >= 15 is 0 Å². The number of amides is 3. The Morgan fingerprint density at radius 2 is 1.92 bits per heavy atom. The number of likely N-dealkylation sites (tertiary alicyclic amines) is 1. The lowest BCUT2D eigenvalue weighted by Crippen LogP contribution is -2.44. The number of hydrogen-bond donors (Lipinski definition) is 2. The Hall–Kier alpha value is -2.57. The molecular formula is C17H23N3O4. The quantitative estimate of drug-likeness (QED) is 0.821. The van der Waals surface area contributed by atoms with Gasteiger partial charge in [-0.05, 0) is 36.5 Å². The molecule has 2 atom stereocenters. The molecule has 0 radical (unpaired) electrons. The van der Waals surface area contributed by atoms with E-state index in [1.54, 1.807) is 23.1 Å². The van der Waals surface area contributed by atoms with E-state index < -0.39 is 12.0 Å². The highest BCUT2D eigenvalue weighted by atomic mass is 16.5. The van der Waals surface area contributed by atoms with Crippen molar-refractivity contribution in [2.24, 2.45) is 17.6 Å². The number of carbonyl (C=O) groups excluding carboxylic acids is 3. The summed E-state index contributed by atoms with van der Waals surface area (Å²) in [6, 6.07) is 5.47. The minimum atomic E-state index is -0.718. The van der Waals surface area contributed by atoms with Gasteiger partial charge in [-0.25, -0.2) is 9.59 Å². The van der Waals surface area contributed by atoms with E-state index in [1.165, 1.54) is 6.07 Å². The monoisotopic (exact) mass is 333 g/mol. The van der Waals surface area contributed by atoms with Crippen LogP contribution in [0.25, 0.3) is 0 Å². The van der Waals surface area contributed by atoms with Gasteiger partial charge in [0, 0.05) is 18.8 Å². The molecule has 0 bridgehead atoms. The Morgan fingerprint density at radius 1 is 1.25 bits per heavy atom. The van der Waals surface area contributed by atoms with Crippen LogP contribution in [-0.2, 0) is 9.53 Å². The van der Waals surface area contributed by atoms with Gasteiger partial charge in [-0.15, -0.1) is 0 Å². The standard InChI is InChI=1S/C17H23N3O4/c1-11-6-12(2)9-20(8-11)15(21)10-24-16(22)13-4-3-5-14(7-13)19-17(18)23/h3-5,7,11-12H,6,8-10H2,1-2H3,(H3,18,19,23)/t11-,12-/m0/s1. The lowest BCUT2D eigenvalue weighted by molar-refractivity contribution is -0.137. The maximum atomic E-state index is 12.2. The first-order chi connectivity index (χ1) is 11.3. The lowest BCUT2D eigenvalue weighted by Gasteiger charge is -2.34. The number of rotatable bonds is 4. The summed E-state index contributed by atoms with van der Waals surface area (Å²) in [6.45, 7) is 5.32. The summed E-state index contributed by atoms with van der Waals surface area (Å²) >= 11 is 0. The van der Waals surface area contributed by atoms with Gasteiger partial charge in [0.2, 0.25) is 0 Å². The molecule has 0 unspecified atom stereocenters. The summed E-state index contributed by atoms with van der Waals surface area (Å²) in [5.74, 6) is 0.0951. The molecule has 0 aliphatic carbocycles. The second-order valence-corrected chi connectivity index (χ2v) is 6.39. The number of ether oxygens (including phenoxy) is 1. The molecule has 1 aliphatic heterocycles. The predicted molar refractivity (Wildman–Crippen MR) is 89.5 cm³/mol.